The summed E-state index contributed by atoms with van der Waals surface area (Å²) in [5.74, 6) is -0.110. The zero-order valence-electron chi connectivity index (χ0n) is 15.1. The van der Waals surface area contributed by atoms with Gasteiger partial charge in [-0.15, -0.1) is 0 Å². The van der Waals surface area contributed by atoms with Gasteiger partial charge in [-0.1, -0.05) is 35.3 Å². The number of aryl methyl sites for hydroxylation is 2. The lowest BCUT2D eigenvalue weighted by Crippen LogP contribution is -2.48. The summed E-state index contributed by atoms with van der Waals surface area (Å²) in [6.45, 7) is 5.11. The number of carbonyl (C=O) groups is 2. The van der Waals surface area contributed by atoms with Crippen LogP contribution in [0, 0.1) is 13.8 Å². The summed E-state index contributed by atoms with van der Waals surface area (Å²) in [7, 11) is 0. The fraction of sp³-hybridized carbons (Fsp3) is 0.263. The van der Waals surface area contributed by atoms with Crippen LogP contribution in [0.4, 0.5) is 0 Å². The minimum absolute atomic E-state index is 0.233. The Kier molecular flexibility index (Phi) is 7.33. The van der Waals surface area contributed by atoms with Gasteiger partial charge in [0.25, 0.3) is 11.8 Å². The van der Waals surface area contributed by atoms with Crippen LogP contribution in [0.5, 0.6) is 11.5 Å². The number of amides is 2. The van der Waals surface area contributed by atoms with Crippen molar-refractivity contribution in [3.05, 3.63) is 57.6 Å². The van der Waals surface area contributed by atoms with Crippen LogP contribution in [-0.4, -0.2) is 24.5 Å². The summed E-state index contributed by atoms with van der Waals surface area (Å²) < 4.78 is 10.9. The third kappa shape index (κ3) is 6.34. The summed E-state index contributed by atoms with van der Waals surface area (Å²) >= 11 is 11.8. The van der Waals surface area contributed by atoms with Crippen LogP contribution in [0.15, 0.2) is 36.4 Å². The van der Waals surface area contributed by atoms with Crippen LogP contribution in [0.25, 0.3) is 0 Å². The smallest absolute Gasteiger partial charge is 0.279 e. The summed E-state index contributed by atoms with van der Waals surface area (Å²) in [6, 6.07) is 10.4. The largest absolute Gasteiger partial charge is 0.483 e. The van der Waals surface area contributed by atoms with Gasteiger partial charge >= 0.3 is 0 Å². The van der Waals surface area contributed by atoms with Crippen LogP contribution < -0.4 is 20.3 Å². The lowest BCUT2D eigenvalue weighted by molar-refractivity contribution is -0.133. The number of nitrogens with one attached hydrogen (secondary N) is 2. The predicted octanol–water partition coefficient (Wildman–Crippen LogP) is 3.60. The standard InChI is InChI=1S/C19H20Cl2N2O4/c1-11-4-5-12(2)17(8-11)26-10-18(24)22-23-19(25)13(3)27-16-7-6-14(20)9-15(16)21/h4-9,13H,10H2,1-3H3,(H,22,24)(H,23,25). The lowest BCUT2D eigenvalue weighted by Gasteiger charge is -2.16. The fourth-order valence-electron chi connectivity index (χ4n) is 2.09. The van der Waals surface area contributed by atoms with Gasteiger partial charge in [-0.2, -0.15) is 0 Å². The molecule has 0 saturated heterocycles. The number of hydrogen-bond donors (Lipinski definition) is 2. The molecule has 0 aromatic heterocycles. The third-order valence-corrected chi connectivity index (χ3v) is 4.12. The average Bonchev–Trinajstić information content (AvgIpc) is 2.62. The first kappa shape index (κ1) is 20.9. The highest BCUT2D eigenvalue weighted by atomic mass is 35.5. The molecule has 2 rings (SSSR count). The van der Waals surface area contributed by atoms with Gasteiger partial charge in [0.1, 0.15) is 11.5 Å². The van der Waals surface area contributed by atoms with Crippen LogP contribution >= 0.6 is 23.2 Å². The molecule has 6 nitrogen and oxygen atoms in total. The molecular weight excluding hydrogens is 391 g/mol. The van der Waals surface area contributed by atoms with E-state index in [1.165, 1.54) is 13.0 Å². The van der Waals surface area contributed by atoms with Crippen LogP contribution in [0.1, 0.15) is 18.1 Å². The van der Waals surface area contributed by atoms with E-state index in [9.17, 15) is 9.59 Å². The quantitative estimate of drug-likeness (QED) is 0.713. The molecule has 27 heavy (non-hydrogen) atoms. The zero-order valence-corrected chi connectivity index (χ0v) is 16.6. The van der Waals surface area contributed by atoms with Gasteiger partial charge in [-0.3, -0.25) is 20.4 Å². The van der Waals surface area contributed by atoms with Crippen molar-refractivity contribution in [3.8, 4) is 11.5 Å². The van der Waals surface area contributed by atoms with Crippen molar-refractivity contribution in [2.75, 3.05) is 6.61 Å². The number of hydrazine groups is 1. The molecule has 2 amide bonds. The molecule has 144 valence electrons. The second kappa shape index (κ2) is 9.48. The monoisotopic (exact) mass is 410 g/mol. The van der Waals surface area contributed by atoms with Crippen molar-refractivity contribution in [2.24, 2.45) is 0 Å². The molecule has 0 radical (unpaired) electrons. The van der Waals surface area contributed by atoms with Crippen LogP contribution in [0.2, 0.25) is 10.0 Å². The molecule has 0 aliphatic carbocycles. The normalized spacial score (nSPS) is 11.4. The van der Waals surface area contributed by atoms with Crippen molar-refractivity contribution in [3.63, 3.8) is 0 Å². The maximum absolute atomic E-state index is 12.0. The van der Waals surface area contributed by atoms with Gasteiger partial charge in [0, 0.05) is 5.02 Å². The fourth-order valence-corrected chi connectivity index (χ4v) is 2.54. The Morgan fingerprint density at radius 1 is 1.04 bits per heavy atom. The molecule has 0 fully saturated rings. The maximum atomic E-state index is 12.0. The zero-order chi connectivity index (χ0) is 20.0. The van der Waals surface area contributed by atoms with E-state index in [-0.39, 0.29) is 11.6 Å². The van der Waals surface area contributed by atoms with E-state index in [1.54, 1.807) is 12.1 Å². The number of ether oxygens (including phenoxy) is 2. The Hall–Kier alpha value is -2.44. The Balaban J connectivity index is 1.80. The van der Waals surface area contributed by atoms with E-state index < -0.39 is 17.9 Å². The van der Waals surface area contributed by atoms with Crippen molar-refractivity contribution in [1.29, 1.82) is 0 Å². The van der Waals surface area contributed by atoms with Gasteiger partial charge in [-0.05, 0) is 56.2 Å². The Bertz CT molecular complexity index is 842. The van der Waals surface area contributed by atoms with Gasteiger partial charge < -0.3 is 9.47 Å². The molecule has 1 unspecified atom stereocenters. The van der Waals surface area contributed by atoms with E-state index >= 15 is 0 Å². The molecule has 2 N–H and O–H groups in total. The summed E-state index contributed by atoms with van der Waals surface area (Å²) in [6.07, 6.45) is -0.885. The van der Waals surface area contributed by atoms with Crippen LogP contribution in [-0.2, 0) is 9.59 Å². The number of rotatable bonds is 6. The Morgan fingerprint density at radius 3 is 2.48 bits per heavy atom. The molecule has 1 atom stereocenters. The molecule has 0 aliphatic heterocycles. The number of hydrogen-bond acceptors (Lipinski definition) is 4. The SMILES string of the molecule is Cc1ccc(C)c(OCC(=O)NNC(=O)C(C)Oc2ccc(Cl)cc2Cl)c1. The second-order valence-electron chi connectivity index (χ2n) is 5.93. The summed E-state index contributed by atoms with van der Waals surface area (Å²) in [5.41, 5.74) is 6.50. The van der Waals surface area contributed by atoms with Crippen molar-refractivity contribution < 1.29 is 19.1 Å². The minimum atomic E-state index is -0.885. The van der Waals surface area contributed by atoms with E-state index in [0.717, 1.165) is 11.1 Å². The van der Waals surface area contributed by atoms with Gasteiger partial charge in [0.05, 0.1) is 5.02 Å². The molecule has 0 heterocycles. The van der Waals surface area contributed by atoms with Crippen LogP contribution in [0.3, 0.4) is 0 Å². The maximum Gasteiger partial charge on any atom is 0.279 e. The van der Waals surface area contributed by atoms with E-state index in [0.29, 0.717) is 16.5 Å². The van der Waals surface area contributed by atoms with Crippen molar-refractivity contribution in [2.45, 2.75) is 26.9 Å². The second-order valence-corrected chi connectivity index (χ2v) is 6.77. The summed E-state index contributed by atoms with van der Waals surface area (Å²) in [4.78, 5) is 23.9. The van der Waals surface area contributed by atoms with Gasteiger partial charge in [0.2, 0.25) is 0 Å². The molecule has 0 aliphatic rings. The number of halogens is 2. The first-order valence-corrected chi connectivity index (χ1v) is 8.92. The van der Waals surface area contributed by atoms with E-state index in [2.05, 4.69) is 10.9 Å². The molecule has 0 spiro atoms. The molecule has 2 aromatic rings. The first-order valence-electron chi connectivity index (χ1n) is 8.16. The molecule has 2 aromatic carbocycles. The molecule has 0 bridgehead atoms. The highest BCUT2D eigenvalue weighted by molar-refractivity contribution is 6.35. The summed E-state index contributed by atoms with van der Waals surface area (Å²) in [5, 5.41) is 0.744. The van der Waals surface area contributed by atoms with Crippen molar-refractivity contribution >= 4 is 35.0 Å². The van der Waals surface area contributed by atoms with Crippen molar-refractivity contribution in [1.82, 2.24) is 10.9 Å². The Morgan fingerprint density at radius 2 is 1.78 bits per heavy atom. The third-order valence-electron chi connectivity index (χ3n) is 3.59. The predicted molar refractivity (Wildman–Crippen MR) is 104 cm³/mol. The van der Waals surface area contributed by atoms with Gasteiger partial charge in [0.15, 0.2) is 12.7 Å². The number of benzene rings is 2. The average molecular weight is 411 g/mol. The molecule has 8 heteroatoms. The highest BCUT2D eigenvalue weighted by Gasteiger charge is 2.17. The first-order chi connectivity index (χ1) is 12.8. The van der Waals surface area contributed by atoms with E-state index in [1.807, 2.05) is 32.0 Å². The molecule has 0 saturated carbocycles. The van der Waals surface area contributed by atoms with E-state index in [4.69, 9.17) is 32.7 Å². The topological polar surface area (TPSA) is 76.7 Å². The Labute approximate surface area is 167 Å². The highest BCUT2D eigenvalue weighted by Crippen LogP contribution is 2.28. The molecular formula is C19H20Cl2N2O4. The number of carbonyl (C=O) groups excluding carboxylic acids is 2. The minimum Gasteiger partial charge on any atom is -0.483 e. The van der Waals surface area contributed by atoms with Gasteiger partial charge in [-0.25, -0.2) is 0 Å². The lowest BCUT2D eigenvalue weighted by atomic mass is 10.1.